The van der Waals surface area contributed by atoms with Crippen LogP contribution in [0.15, 0.2) is 60.7 Å². The Bertz CT molecular complexity index is 803. The number of ether oxygens (including phenoxy) is 1. The normalized spacial score (nSPS) is 11.7. The summed E-state index contributed by atoms with van der Waals surface area (Å²) >= 11 is 0. The van der Waals surface area contributed by atoms with Crippen LogP contribution in [0.3, 0.4) is 0 Å². The number of amides is 1. The first kappa shape index (κ1) is 16.7. The Morgan fingerprint density at radius 2 is 1.80 bits per heavy atom. The van der Waals surface area contributed by atoms with Crippen molar-refractivity contribution in [2.75, 3.05) is 6.61 Å². The number of para-hydroxylation sites is 1. The number of aromatic nitrogens is 3. The van der Waals surface area contributed by atoms with E-state index in [1.165, 1.54) is 0 Å². The fourth-order valence-corrected chi connectivity index (χ4v) is 2.44. The molecule has 3 rings (SSSR count). The predicted octanol–water partition coefficient (Wildman–Crippen LogP) is 2.79. The average molecular weight is 336 g/mol. The molecule has 0 saturated carbocycles. The van der Waals surface area contributed by atoms with Gasteiger partial charge in [-0.2, -0.15) is 5.10 Å². The van der Waals surface area contributed by atoms with Gasteiger partial charge in [0.2, 0.25) is 5.91 Å². The fraction of sp³-hybridized carbons (Fsp3) is 0.211. The SMILES string of the molecule is Cc1nc([C@@H](NC(=O)CCOc2ccccc2)c2ccccc2)n[nH]1. The molecule has 0 aliphatic rings. The summed E-state index contributed by atoms with van der Waals surface area (Å²) in [6.45, 7) is 2.14. The zero-order chi connectivity index (χ0) is 17.5. The highest BCUT2D eigenvalue weighted by atomic mass is 16.5. The van der Waals surface area contributed by atoms with Crippen LogP contribution in [-0.2, 0) is 4.79 Å². The third-order valence-electron chi connectivity index (χ3n) is 3.65. The van der Waals surface area contributed by atoms with E-state index in [0.717, 1.165) is 11.3 Å². The minimum absolute atomic E-state index is 0.118. The molecule has 2 aromatic carbocycles. The van der Waals surface area contributed by atoms with Crippen LogP contribution in [0, 0.1) is 6.92 Å². The van der Waals surface area contributed by atoms with Gasteiger partial charge in [-0.05, 0) is 24.6 Å². The molecule has 1 aromatic heterocycles. The molecule has 128 valence electrons. The van der Waals surface area contributed by atoms with Crippen molar-refractivity contribution in [1.82, 2.24) is 20.5 Å². The summed E-state index contributed by atoms with van der Waals surface area (Å²) in [5.74, 6) is 1.88. The second kappa shape index (κ2) is 8.10. The van der Waals surface area contributed by atoms with Gasteiger partial charge in [0.1, 0.15) is 17.6 Å². The molecule has 0 fully saturated rings. The van der Waals surface area contributed by atoms with Crippen molar-refractivity contribution in [2.24, 2.45) is 0 Å². The van der Waals surface area contributed by atoms with E-state index in [2.05, 4.69) is 20.5 Å². The molecule has 25 heavy (non-hydrogen) atoms. The molecule has 1 heterocycles. The third-order valence-corrected chi connectivity index (χ3v) is 3.65. The smallest absolute Gasteiger partial charge is 0.224 e. The minimum Gasteiger partial charge on any atom is -0.493 e. The second-order valence-corrected chi connectivity index (χ2v) is 5.60. The molecule has 3 aromatic rings. The van der Waals surface area contributed by atoms with Crippen LogP contribution in [0.1, 0.15) is 29.7 Å². The van der Waals surface area contributed by atoms with Gasteiger partial charge in [0, 0.05) is 0 Å². The Morgan fingerprint density at radius 1 is 1.12 bits per heavy atom. The average Bonchev–Trinajstić information content (AvgIpc) is 3.07. The number of rotatable bonds is 7. The van der Waals surface area contributed by atoms with Gasteiger partial charge in [0.05, 0.1) is 13.0 Å². The minimum atomic E-state index is -0.393. The van der Waals surface area contributed by atoms with Gasteiger partial charge in [0.25, 0.3) is 0 Å². The maximum Gasteiger partial charge on any atom is 0.224 e. The van der Waals surface area contributed by atoms with Gasteiger partial charge in [-0.15, -0.1) is 0 Å². The summed E-state index contributed by atoms with van der Waals surface area (Å²) in [6.07, 6.45) is 0.252. The molecular formula is C19H20N4O2. The predicted molar refractivity (Wildman–Crippen MR) is 94.1 cm³/mol. The van der Waals surface area contributed by atoms with Crippen LogP contribution in [-0.4, -0.2) is 27.7 Å². The number of carbonyl (C=O) groups is 1. The Labute approximate surface area is 146 Å². The van der Waals surface area contributed by atoms with Crippen LogP contribution in [0.2, 0.25) is 0 Å². The van der Waals surface area contributed by atoms with E-state index in [4.69, 9.17) is 4.74 Å². The fourth-order valence-electron chi connectivity index (χ4n) is 2.44. The maximum atomic E-state index is 12.3. The number of hydrogen-bond donors (Lipinski definition) is 2. The van der Waals surface area contributed by atoms with Crippen molar-refractivity contribution in [2.45, 2.75) is 19.4 Å². The summed E-state index contributed by atoms with van der Waals surface area (Å²) < 4.78 is 5.58. The number of nitrogens with zero attached hydrogens (tertiary/aromatic N) is 2. The largest absolute Gasteiger partial charge is 0.493 e. The van der Waals surface area contributed by atoms with E-state index in [9.17, 15) is 4.79 Å². The molecule has 0 radical (unpaired) electrons. The lowest BCUT2D eigenvalue weighted by atomic mass is 10.1. The van der Waals surface area contributed by atoms with Crippen molar-refractivity contribution in [3.05, 3.63) is 77.9 Å². The number of hydrogen-bond acceptors (Lipinski definition) is 4. The van der Waals surface area contributed by atoms with Gasteiger partial charge in [-0.25, -0.2) is 4.98 Å². The topological polar surface area (TPSA) is 79.9 Å². The van der Waals surface area contributed by atoms with E-state index < -0.39 is 6.04 Å². The monoisotopic (exact) mass is 336 g/mol. The number of aromatic amines is 1. The molecule has 0 spiro atoms. The zero-order valence-electron chi connectivity index (χ0n) is 14.0. The van der Waals surface area contributed by atoms with Crippen molar-refractivity contribution in [3.63, 3.8) is 0 Å². The van der Waals surface area contributed by atoms with Gasteiger partial charge in [-0.1, -0.05) is 48.5 Å². The maximum absolute atomic E-state index is 12.3. The van der Waals surface area contributed by atoms with Crippen LogP contribution in [0.5, 0.6) is 5.75 Å². The molecule has 0 unspecified atom stereocenters. The van der Waals surface area contributed by atoms with Gasteiger partial charge >= 0.3 is 0 Å². The first-order valence-corrected chi connectivity index (χ1v) is 8.13. The Hall–Kier alpha value is -3.15. The first-order chi connectivity index (χ1) is 12.2. The Morgan fingerprint density at radius 3 is 2.44 bits per heavy atom. The van der Waals surface area contributed by atoms with Crippen LogP contribution in [0.25, 0.3) is 0 Å². The lowest BCUT2D eigenvalue weighted by Crippen LogP contribution is -2.31. The van der Waals surface area contributed by atoms with Crippen molar-refractivity contribution >= 4 is 5.91 Å². The number of benzene rings is 2. The second-order valence-electron chi connectivity index (χ2n) is 5.60. The Balaban J connectivity index is 1.63. The lowest BCUT2D eigenvalue weighted by Gasteiger charge is -2.16. The standard InChI is InChI=1S/C19H20N4O2/c1-14-20-19(23-22-14)18(15-8-4-2-5-9-15)21-17(24)12-13-25-16-10-6-3-7-11-16/h2-11,18H,12-13H2,1H3,(H,21,24)(H,20,22,23)/t18-/m0/s1. The van der Waals surface area contributed by atoms with E-state index in [1.807, 2.05) is 67.6 Å². The zero-order valence-corrected chi connectivity index (χ0v) is 14.0. The van der Waals surface area contributed by atoms with Crippen molar-refractivity contribution in [3.8, 4) is 5.75 Å². The van der Waals surface area contributed by atoms with Gasteiger partial charge in [0.15, 0.2) is 5.82 Å². The summed E-state index contributed by atoms with van der Waals surface area (Å²) in [6, 6.07) is 18.7. The number of nitrogens with one attached hydrogen (secondary N) is 2. The van der Waals surface area contributed by atoms with Crippen LogP contribution >= 0.6 is 0 Å². The molecule has 1 atom stereocenters. The highest BCUT2D eigenvalue weighted by molar-refractivity contribution is 5.77. The summed E-state index contributed by atoms with van der Waals surface area (Å²) in [5.41, 5.74) is 0.929. The quantitative estimate of drug-likeness (QED) is 0.695. The van der Waals surface area contributed by atoms with E-state index >= 15 is 0 Å². The van der Waals surface area contributed by atoms with E-state index in [0.29, 0.717) is 18.3 Å². The van der Waals surface area contributed by atoms with E-state index in [1.54, 1.807) is 0 Å². The number of H-pyrrole nitrogens is 1. The van der Waals surface area contributed by atoms with Crippen LogP contribution < -0.4 is 10.1 Å². The summed E-state index contributed by atoms with van der Waals surface area (Å²) in [5, 5.41) is 10.00. The van der Waals surface area contributed by atoms with Crippen LogP contribution in [0.4, 0.5) is 0 Å². The molecule has 6 nitrogen and oxygen atoms in total. The highest BCUT2D eigenvalue weighted by Gasteiger charge is 2.20. The molecule has 0 aliphatic carbocycles. The molecule has 0 aliphatic heterocycles. The summed E-state index contributed by atoms with van der Waals surface area (Å²) in [7, 11) is 0. The number of carbonyl (C=O) groups excluding carboxylic acids is 1. The van der Waals surface area contributed by atoms with Gasteiger partial charge in [-0.3, -0.25) is 9.89 Å². The summed E-state index contributed by atoms with van der Waals surface area (Å²) in [4.78, 5) is 16.7. The van der Waals surface area contributed by atoms with Gasteiger partial charge < -0.3 is 10.1 Å². The molecule has 2 N–H and O–H groups in total. The van der Waals surface area contributed by atoms with Crippen molar-refractivity contribution in [1.29, 1.82) is 0 Å². The molecule has 0 bridgehead atoms. The highest BCUT2D eigenvalue weighted by Crippen LogP contribution is 2.19. The Kier molecular flexibility index (Phi) is 5.41. The third kappa shape index (κ3) is 4.67. The molecule has 0 saturated heterocycles. The molecule has 1 amide bonds. The molecule has 6 heteroatoms. The van der Waals surface area contributed by atoms with E-state index in [-0.39, 0.29) is 12.3 Å². The van der Waals surface area contributed by atoms with Crippen molar-refractivity contribution < 1.29 is 9.53 Å². The molecular weight excluding hydrogens is 316 g/mol. The first-order valence-electron chi connectivity index (χ1n) is 8.13. The number of aryl methyl sites for hydroxylation is 1. The lowest BCUT2D eigenvalue weighted by molar-refractivity contribution is -0.122.